The molecule has 2 saturated heterocycles. The van der Waals surface area contributed by atoms with Crippen molar-refractivity contribution in [1.82, 2.24) is 9.80 Å². The summed E-state index contributed by atoms with van der Waals surface area (Å²) >= 11 is 0. The molecule has 0 unspecified atom stereocenters. The van der Waals surface area contributed by atoms with Crippen molar-refractivity contribution in [2.45, 2.75) is 12.5 Å². The van der Waals surface area contributed by atoms with Crippen LogP contribution in [0.1, 0.15) is 5.56 Å². The third-order valence-corrected chi connectivity index (χ3v) is 5.76. The molecule has 6 nitrogen and oxygen atoms in total. The average Bonchev–Trinajstić information content (AvgIpc) is 2.47. The van der Waals surface area contributed by atoms with Crippen molar-refractivity contribution < 1.29 is 22.0 Å². The minimum absolute atomic E-state index is 0.0141. The molecule has 2 heterocycles. The smallest absolute Gasteiger partial charge is 0.321 e. The van der Waals surface area contributed by atoms with E-state index >= 15 is 0 Å². The Balaban J connectivity index is 1.50. The van der Waals surface area contributed by atoms with Crippen LogP contribution < -0.4 is 5.32 Å². The number of carbonyl (C=O) groups excluding carboxylic acids is 1. The highest BCUT2D eigenvalue weighted by Gasteiger charge is 2.43. The largest absolute Gasteiger partial charge is 0.322 e. The van der Waals surface area contributed by atoms with Gasteiger partial charge in [0.15, 0.2) is 9.84 Å². The number of hydrogen-bond acceptors (Lipinski definition) is 4. The Labute approximate surface area is 139 Å². The molecule has 132 valence electrons. The Morgan fingerprint density at radius 2 is 1.71 bits per heavy atom. The van der Waals surface area contributed by atoms with E-state index < -0.39 is 15.8 Å². The number of nitrogens with one attached hydrogen (secondary N) is 1. The minimum atomic E-state index is -3.02. The summed E-state index contributed by atoms with van der Waals surface area (Å²) in [6, 6.07) is 6.66. The number of amides is 2. The molecular weight excluding hydrogens is 340 g/mol. The van der Waals surface area contributed by atoms with Crippen molar-refractivity contribution in [3.8, 4) is 0 Å². The third-order valence-electron chi connectivity index (χ3n) is 4.15. The van der Waals surface area contributed by atoms with Crippen LogP contribution in [0.25, 0.3) is 0 Å². The maximum atomic E-state index is 12.8. The number of hydrogen-bond donors (Lipinski definition) is 1. The summed E-state index contributed by atoms with van der Waals surface area (Å²) in [4.78, 5) is 15.2. The second-order valence-corrected chi connectivity index (χ2v) is 8.57. The molecule has 2 aliphatic heterocycles. The first-order valence-electron chi connectivity index (χ1n) is 7.68. The second-order valence-electron chi connectivity index (χ2n) is 6.27. The molecule has 0 radical (unpaired) electrons. The Morgan fingerprint density at radius 3 is 2.25 bits per heavy atom. The lowest BCUT2D eigenvalue weighted by molar-refractivity contribution is -0.133. The van der Waals surface area contributed by atoms with Crippen LogP contribution in [0.2, 0.25) is 0 Å². The van der Waals surface area contributed by atoms with Gasteiger partial charge in [-0.2, -0.15) is 0 Å². The SMILES string of the molecule is O=C(Nc1ccc(CN2CC(F)(F)C2)cc1)N1CCS(=O)(=O)CC1. The number of rotatable bonds is 3. The number of urea groups is 1. The fraction of sp³-hybridized carbons (Fsp3) is 0.533. The number of alkyl halides is 2. The normalized spacial score (nSPS) is 22.7. The molecular formula is C15H19F2N3O3S. The molecule has 2 aliphatic rings. The minimum Gasteiger partial charge on any atom is -0.322 e. The summed E-state index contributed by atoms with van der Waals surface area (Å²) in [6.45, 7) is 0.394. The van der Waals surface area contributed by atoms with Gasteiger partial charge in [-0.25, -0.2) is 22.0 Å². The van der Waals surface area contributed by atoms with E-state index in [0.29, 0.717) is 12.2 Å². The van der Waals surface area contributed by atoms with Crippen LogP contribution in [0.3, 0.4) is 0 Å². The Bertz CT molecular complexity index is 700. The predicted octanol–water partition coefficient (Wildman–Crippen LogP) is 1.40. The summed E-state index contributed by atoms with van der Waals surface area (Å²) in [7, 11) is -3.02. The molecule has 0 spiro atoms. The molecule has 2 fully saturated rings. The number of nitrogens with zero attached hydrogens (tertiary/aromatic N) is 2. The van der Waals surface area contributed by atoms with E-state index in [-0.39, 0.29) is 43.7 Å². The van der Waals surface area contributed by atoms with E-state index in [1.54, 1.807) is 29.2 Å². The first-order valence-corrected chi connectivity index (χ1v) is 9.50. The molecule has 3 rings (SSSR count). The number of halogens is 2. The average molecular weight is 359 g/mol. The van der Waals surface area contributed by atoms with Crippen LogP contribution in [0.15, 0.2) is 24.3 Å². The predicted molar refractivity (Wildman–Crippen MR) is 85.9 cm³/mol. The zero-order chi connectivity index (χ0) is 17.4. The zero-order valence-corrected chi connectivity index (χ0v) is 13.9. The molecule has 0 aromatic heterocycles. The summed E-state index contributed by atoms with van der Waals surface area (Å²) in [5.41, 5.74) is 1.48. The van der Waals surface area contributed by atoms with Crippen molar-refractivity contribution in [2.75, 3.05) is 43.0 Å². The van der Waals surface area contributed by atoms with E-state index in [1.165, 1.54) is 4.90 Å². The van der Waals surface area contributed by atoms with Crippen molar-refractivity contribution in [1.29, 1.82) is 0 Å². The fourth-order valence-corrected chi connectivity index (χ4v) is 3.99. The fourth-order valence-electron chi connectivity index (χ4n) is 2.79. The van der Waals surface area contributed by atoms with Crippen LogP contribution in [-0.2, 0) is 16.4 Å². The van der Waals surface area contributed by atoms with Gasteiger partial charge in [0.25, 0.3) is 5.92 Å². The molecule has 2 amide bonds. The molecule has 1 aromatic rings. The first-order chi connectivity index (χ1) is 11.2. The number of carbonyl (C=O) groups is 1. The lowest BCUT2D eigenvalue weighted by Crippen LogP contribution is -2.55. The summed E-state index contributed by atoms with van der Waals surface area (Å²) in [5.74, 6) is -2.60. The first kappa shape index (κ1) is 17.1. The van der Waals surface area contributed by atoms with Gasteiger partial charge in [0, 0.05) is 25.3 Å². The van der Waals surface area contributed by atoms with Crippen molar-refractivity contribution in [3.05, 3.63) is 29.8 Å². The molecule has 0 atom stereocenters. The number of benzene rings is 1. The second kappa shape index (κ2) is 6.29. The third kappa shape index (κ3) is 4.21. The maximum absolute atomic E-state index is 12.8. The summed E-state index contributed by atoms with van der Waals surface area (Å²) < 4.78 is 48.3. The van der Waals surface area contributed by atoms with Gasteiger partial charge in [-0.15, -0.1) is 0 Å². The van der Waals surface area contributed by atoms with Gasteiger partial charge < -0.3 is 10.2 Å². The van der Waals surface area contributed by atoms with Crippen LogP contribution in [-0.4, -0.2) is 67.9 Å². The summed E-state index contributed by atoms with van der Waals surface area (Å²) in [6.07, 6.45) is 0. The Hall–Kier alpha value is -1.74. The molecule has 0 bridgehead atoms. The lowest BCUT2D eigenvalue weighted by atomic mass is 10.1. The van der Waals surface area contributed by atoms with Gasteiger partial charge in [0.2, 0.25) is 0 Å². The monoisotopic (exact) mass is 359 g/mol. The van der Waals surface area contributed by atoms with Crippen LogP contribution in [0, 0.1) is 0 Å². The summed E-state index contributed by atoms with van der Waals surface area (Å²) in [5, 5.41) is 2.72. The molecule has 24 heavy (non-hydrogen) atoms. The highest BCUT2D eigenvalue weighted by Crippen LogP contribution is 2.28. The van der Waals surface area contributed by atoms with E-state index in [0.717, 1.165) is 5.56 Å². The standard InChI is InChI=1S/C15H19F2N3O3S/c16-15(17)10-19(11-15)9-12-1-3-13(4-2-12)18-14(21)20-5-7-24(22,23)8-6-20/h1-4H,5-11H2,(H,18,21). The van der Waals surface area contributed by atoms with Crippen molar-refractivity contribution in [3.63, 3.8) is 0 Å². The van der Waals surface area contributed by atoms with Gasteiger partial charge in [-0.3, -0.25) is 4.90 Å². The van der Waals surface area contributed by atoms with Crippen molar-refractivity contribution >= 4 is 21.6 Å². The van der Waals surface area contributed by atoms with E-state index in [4.69, 9.17) is 0 Å². The number of anilines is 1. The Morgan fingerprint density at radius 1 is 1.12 bits per heavy atom. The topological polar surface area (TPSA) is 69.7 Å². The van der Waals surface area contributed by atoms with Crippen LogP contribution in [0.4, 0.5) is 19.3 Å². The van der Waals surface area contributed by atoms with Crippen molar-refractivity contribution in [2.24, 2.45) is 0 Å². The highest BCUT2D eigenvalue weighted by molar-refractivity contribution is 7.91. The molecule has 1 aromatic carbocycles. The molecule has 0 saturated carbocycles. The van der Waals surface area contributed by atoms with Gasteiger partial charge in [0.1, 0.15) is 0 Å². The van der Waals surface area contributed by atoms with Gasteiger partial charge >= 0.3 is 6.03 Å². The quantitative estimate of drug-likeness (QED) is 0.886. The van der Waals surface area contributed by atoms with Gasteiger partial charge in [-0.1, -0.05) is 12.1 Å². The molecule has 9 heteroatoms. The number of sulfone groups is 1. The van der Waals surface area contributed by atoms with E-state index in [9.17, 15) is 22.0 Å². The van der Waals surface area contributed by atoms with Gasteiger partial charge in [-0.05, 0) is 17.7 Å². The van der Waals surface area contributed by atoms with Gasteiger partial charge in [0.05, 0.1) is 24.6 Å². The van der Waals surface area contributed by atoms with Crippen LogP contribution >= 0.6 is 0 Å². The Kier molecular flexibility index (Phi) is 4.48. The lowest BCUT2D eigenvalue weighted by Gasteiger charge is -2.38. The molecule has 1 N–H and O–H groups in total. The van der Waals surface area contributed by atoms with E-state index in [2.05, 4.69) is 5.32 Å². The maximum Gasteiger partial charge on any atom is 0.321 e. The molecule has 0 aliphatic carbocycles. The highest BCUT2D eigenvalue weighted by atomic mass is 32.2. The van der Waals surface area contributed by atoms with E-state index in [1.807, 2.05) is 0 Å². The van der Waals surface area contributed by atoms with Crippen LogP contribution in [0.5, 0.6) is 0 Å². The number of likely N-dealkylation sites (tertiary alicyclic amines) is 1. The zero-order valence-electron chi connectivity index (χ0n) is 13.0.